The maximum atomic E-state index is 12.5. The van der Waals surface area contributed by atoms with Gasteiger partial charge in [0, 0.05) is 37.9 Å². The predicted molar refractivity (Wildman–Crippen MR) is 85.6 cm³/mol. The molecule has 0 spiro atoms. The van der Waals surface area contributed by atoms with Gasteiger partial charge in [-0.05, 0) is 28.4 Å². The van der Waals surface area contributed by atoms with Crippen LogP contribution in [0.5, 0.6) is 0 Å². The molecule has 1 aromatic heterocycles. The number of carbonyl (C=O) groups excluding carboxylic acids is 1. The number of nitrogens with zero attached hydrogens (tertiary/aromatic N) is 2. The Bertz CT molecular complexity index is 471. The molecule has 118 valence electrons. The lowest BCUT2D eigenvalue weighted by atomic mass is 10.2. The highest BCUT2D eigenvalue weighted by Crippen LogP contribution is 2.19. The van der Waals surface area contributed by atoms with E-state index < -0.39 is 6.10 Å². The Morgan fingerprint density at radius 1 is 1.62 bits per heavy atom. The van der Waals surface area contributed by atoms with Crippen molar-refractivity contribution < 1.29 is 14.6 Å². The summed E-state index contributed by atoms with van der Waals surface area (Å²) in [6.07, 6.45) is 1.87. The van der Waals surface area contributed by atoms with Crippen molar-refractivity contribution in [3.63, 3.8) is 0 Å². The lowest BCUT2D eigenvalue weighted by molar-refractivity contribution is 0.0380. The largest absolute Gasteiger partial charge is 0.389 e. The highest BCUT2D eigenvalue weighted by Gasteiger charge is 2.19. The van der Waals surface area contributed by atoms with E-state index in [2.05, 4.69) is 26.2 Å². The molecule has 0 aromatic carbocycles. The van der Waals surface area contributed by atoms with Crippen LogP contribution in [0.15, 0.2) is 16.7 Å². The molecule has 0 saturated carbocycles. The number of rotatable bonds is 8. The molecule has 0 aliphatic rings. The van der Waals surface area contributed by atoms with Crippen LogP contribution in [0.4, 0.5) is 5.82 Å². The molecule has 1 heterocycles. The van der Waals surface area contributed by atoms with Crippen LogP contribution < -0.4 is 5.32 Å². The van der Waals surface area contributed by atoms with Gasteiger partial charge < -0.3 is 20.1 Å². The highest BCUT2D eigenvalue weighted by molar-refractivity contribution is 9.10. The average Bonchev–Trinajstić information content (AvgIpc) is 2.45. The Balaban J connectivity index is 2.86. The summed E-state index contributed by atoms with van der Waals surface area (Å²) in [4.78, 5) is 18.2. The number of aliphatic hydroxyl groups is 1. The van der Waals surface area contributed by atoms with Crippen LogP contribution in [0.1, 0.15) is 23.7 Å². The molecule has 0 bridgehead atoms. The molecule has 1 atom stereocenters. The number of halogens is 1. The van der Waals surface area contributed by atoms with Crippen LogP contribution in [0.25, 0.3) is 0 Å². The molecule has 1 amide bonds. The van der Waals surface area contributed by atoms with E-state index in [0.717, 1.165) is 17.4 Å². The molecule has 21 heavy (non-hydrogen) atoms. The quantitative estimate of drug-likeness (QED) is 0.739. The van der Waals surface area contributed by atoms with Crippen molar-refractivity contribution in [3.05, 3.63) is 22.3 Å². The van der Waals surface area contributed by atoms with Crippen molar-refractivity contribution in [2.24, 2.45) is 0 Å². The first-order valence-corrected chi connectivity index (χ1v) is 7.60. The van der Waals surface area contributed by atoms with E-state index in [0.29, 0.717) is 11.4 Å². The predicted octanol–water partition coefficient (Wildman–Crippen LogP) is 1.75. The Morgan fingerprint density at radius 3 is 2.95 bits per heavy atom. The molecule has 7 heteroatoms. The van der Waals surface area contributed by atoms with Gasteiger partial charge in [-0.25, -0.2) is 4.98 Å². The summed E-state index contributed by atoms with van der Waals surface area (Å²) in [5.74, 6) is 0.357. The Kier molecular flexibility index (Phi) is 7.63. The summed E-state index contributed by atoms with van der Waals surface area (Å²) >= 11 is 3.33. The minimum absolute atomic E-state index is 0.190. The van der Waals surface area contributed by atoms with E-state index in [-0.39, 0.29) is 19.1 Å². The Morgan fingerprint density at radius 2 is 2.33 bits per heavy atom. The number of carbonyl (C=O) groups is 1. The minimum atomic E-state index is -0.712. The van der Waals surface area contributed by atoms with Crippen molar-refractivity contribution in [2.75, 3.05) is 39.2 Å². The molecule has 0 fully saturated rings. The summed E-state index contributed by atoms with van der Waals surface area (Å²) in [5, 5.41) is 12.9. The van der Waals surface area contributed by atoms with Gasteiger partial charge in [0.05, 0.1) is 18.3 Å². The zero-order valence-corrected chi connectivity index (χ0v) is 14.2. The summed E-state index contributed by atoms with van der Waals surface area (Å²) in [6.45, 7) is 3.17. The van der Waals surface area contributed by atoms with Crippen molar-refractivity contribution in [1.82, 2.24) is 9.88 Å². The molecule has 0 aliphatic heterocycles. The van der Waals surface area contributed by atoms with Crippen molar-refractivity contribution in [3.8, 4) is 0 Å². The number of nitrogens with one attached hydrogen (secondary N) is 1. The van der Waals surface area contributed by atoms with Crippen molar-refractivity contribution >= 4 is 27.7 Å². The fourth-order valence-corrected chi connectivity index (χ4v) is 2.17. The monoisotopic (exact) mass is 359 g/mol. The number of amides is 1. The third kappa shape index (κ3) is 5.61. The number of ether oxygens (including phenoxy) is 1. The molecule has 6 nitrogen and oxygen atoms in total. The van der Waals surface area contributed by atoms with E-state index in [1.807, 2.05) is 6.92 Å². The zero-order chi connectivity index (χ0) is 15.8. The van der Waals surface area contributed by atoms with Crippen LogP contribution in [0.2, 0.25) is 0 Å². The maximum absolute atomic E-state index is 12.5. The maximum Gasteiger partial charge on any atom is 0.257 e. The van der Waals surface area contributed by atoms with Gasteiger partial charge in [0.2, 0.25) is 0 Å². The number of methoxy groups -OCH3 is 1. The zero-order valence-electron chi connectivity index (χ0n) is 12.6. The van der Waals surface area contributed by atoms with Gasteiger partial charge in [-0.1, -0.05) is 6.92 Å². The van der Waals surface area contributed by atoms with Crippen molar-refractivity contribution in [1.29, 1.82) is 0 Å². The van der Waals surface area contributed by atoms with Crippen LogP contribution in [0, 0.1) is 0 Å². The number of pyridine rings is 1. The number of anilines is 1. The first-order chi connectivity index (χ1) is 9.99. The number of hydrogen-bond acceptors (Lipinski definition) is 5. The SMILES string of the molecule is CCCNc1ncc(Br)cc1C(=O)N(C)CC(O)COC. The minimum Gasteiger partial charge on any atom is -0.389 e. The molecular weight excluding hydrogens is 338 g/mol. The third-order valence-electron chi connectivity index (χ3n) is 2.82. The molecule has 2 N–H and O–H groups in total. The molecular formula is C14H22BrN3O3. The fraction of sp³-hybridized carbons (Fsp3) is 0.571. The molecule has 1 rings (SSSR count). The second kappa shape index (κ2) is 8.96. The second-order valence-corrected chi connectivity index (χ2v) is 5.69. The van der Waals surface area contributed by atoms with Gasteiger partial charge in [0.15, 0.2) is 0 Å². The Hall–Kier alpha value is -1.18. The first kappa shape index (κ1) is 17.9. The average molecular weight is 360 g/mol. The molecule has 0 aliphatic carbocycles. The van der Waals surface area contributed by atoms with Gasteiger partial charge in [-0.2, -0.15) is 0 Å². The van der Waals surface area contributed by atoms with Gasteiger partial charge in [0.1, 0.15) is 5.82 Å². The van der Waals surface area contributed by atoms with E-state index in [4.69, 9.17) is 4.74 Å². The van der Waals surface area contributed by atoms with E-state index in [9.17, 15) is 9.90 Å². The molecule has 0 radical (unpaired) electrons. The lowest BCUT2D eigenvalue weighted by Gasteiger charge is -2.21. The smallest absolute Gasteiger partial charge is 0.257 e. The molecule has 1 unspecified atom stereocenters. The van der Waals surface area contributed by atoms with Crippen molar-refractivity contribution in [2.45, 2.75) is 19.4 Å². The van der Waals surface area contributed by atoms with E-state index >= 15 is 0 Å². The van der Waals surface area contributed by atoms with Gasteiger partial charge in [0.25, 0.3) is 5.91 Å². The summed E-state index contributed by atoms with van der Waals surface area (Å²) in [5.41, 5.74) is 0.477. The van der Waals surface area contributed by atoms with E-state index in [1.165, 1.54) is 12.0 Å². The summed E-state index contributed by atoms with van der Waals surface area (Å²) in [6, 6.07) is 1.73. The normalized spacial score (nSPS) is 12.0. The highest BCUT2D eigenvalue weighted by atomic mass is 79.9. The van der Waals surface area contributed by atoms with Gasteiger partial charge in [-0.3, -0.25) is 4.79 Å². The topological polar surface area (TPSA) is 74.7 Å². The van der Waals surface area contributed by atoms with Crippen LogP contribution in [0.3, 0.4) is 0 Å². The molecule has 0 saturated heterocycles. The number of likely N-dealkylation sites (N-methyl/N-ethyl adjacent to an activating group) is 1. The number of aliphatic hydroxyl groups excluding tert-OH is 1. The fourth-order valence-electron chi connectivity index (χ4n) is 1.84. The summed E-state index contributed by atoms with van der Waals surface area (Å²) in [7, 11) is 3.15. The van der Waals surface area contributed by atoms with E-state index in [1.54, 1.807) is 19.3 Å². The third-order valence-corrected chi connectivity index (χ3v) is 3.25. The van der Waals surface area contributed by atoms with Gasteiger partial charge in [-0.15, -0.1) is 0 Å². The van der Waals surface area contributed by atoms with Crippen LogP contribution >= 0.6 is 15.9 Å². The summed E-state index contributed by atoms with van der Waals surface area (Å²) < 4.78 is 5.60. The standard InChI is InChI=1S/C14H22BrN3O3/c1-4-5-16-13-12(6-10(15)7-17-13)14(20)18(2)8-11(19)9-21-3/h6-7,11,19H,4-5,8-9H2,1-3H3,(H,16,17). The second-order valence-electron chi connectivity index (χ2n) is 4.77. The number of hydrogen-bond donors (Lipinski definition) is 2. The van der Waals surface area contributed by atoms with Crippen LogP contribution in [-0.2, 0) is 4.74 Å². The lowest BCUT2D eigenvalue weighted by Crippen LogP contribution is -2.36. The Labute approximate surface area is 133 Å². The molecule has 1 aromatic rings. The number of aromatic nitrogens is 1. The first-order valence-electron chi connectivity index (χ1n) is 6.81. The van der Waals surface area contributed by atoms with Gasteiger partial charge >= 0.3 is 0 Å². The van der Waals surface area contributed by atoms with Crippen LogP contribution in [-0.4, -0.2) is 60.9 Å².